The molecule has 1 atom stereocenters. The number of aryl methyl sites for hydroxylation is 1. The van der Waals surface area contributed by atoms with Crippen molar-refractivity contribution < 1.29 is 4.74 Å². The molecule has 19 heavy (non-hydrogen) atoms. The van der Waals surface area contributed by atoms with E-state index in [1.54, 1.807) is 7.11 Å². The Morgan fingerprint density at radius 3 is 2.63 bits per heavy atom. The maximum Gasteiger partial charge on any atom is 0.0657 e. The number of aromatic nitrogens is 2. The van der Waals surface area contributed by atoms with E-state index in [2.05, 4.69) is 41.6 Å². The molecule has 1 unspecified atom stereocenters. The Morgan fingerprint density at radius 2 is 2.05 bits per heavy atom. The molecular formula is C15H21N3O. The minimum absolute atomic E-state index is 0.200. The highest BCUT2D eigenvalue weighted by atomic mass is 16.5. The minimum Gasteiger partial charge on any atom is -0.383 e. The van der Waals surface area contributed by atoms with Gasteiger partial charge in [0, 0.05) is 32.0 Å². The maximum absolute atomic E-state index is 5.30. The molecule has 0 saturated carbocycles. The number of hydrogen-bond donors (Lipinski definition) is 1. The van der Waals surface area contributed by atoms with Crippen LogP contribution in [0.3, 0.4) is 0 Å². The number of hydrogen-bond acceptors (Lipinski definition) is 3. The van der Waals surface area contributed by atoms with E-state index in [1.165, 1.54) is 16.8 Å². The number of benzene rings is 1. The minimum atomic E-state index is 0.200. The first-order valence-corrected chi connectivity index (χ1v) is 6.47. The fourth-order valence-corrected chi connectivity index (χ4v) is 2.08. The molecule has 0 amide bonds. The monoisotopic (exact) mass is 259 g/mol. The number of rotatable bonds is 6. The Balaban J connectivity index is 2.04. The molecule has 4 heteroatoms. The van der Waals surface area contributed by atoms with Gasteiger partial charge in [-0.15, -0.1) is 0 Å². The van der Waals surface area contributed by atoms with Crippen molar-refractivity contribution in [3.05, 3.63) is 53.3 Å². The van der Waals surface area contributed by atoms with Gasteiger partial charge < -0.3 is 10.1 Å². The first-order valence-electron chi connectivity index (χ1n) is 6.47. The molecule has 0 radical (unpaired) electrons. The van der Waals surface area contributed by atoms with Crippen molar-refractivity contribution in [2.75, 3.05) is 13.7 Å². The molecule has 1 aromatic heterocycles. The fourth-order valence-electron chi connectivity index (χ4n) is 2.08. The van der Waals surface area contributed by atoms with Gasteiger partial charge in [0.15, 0.2) is 0 Å². The normalized spacial score (nSPS) is 12.6. The van der Waals surface area contributed by atoms with E-state index in [0.29, 0.717) is 6.61 Å². The van der Waals surface area contributed by atoms with Crippen LogP contribution in [0.5, 0.6) is 0 Å². The average Bonchev–Trinajstić information content (AvgIpc) is 2.76. The van der Waals surface area contributed by atoms with Gasteiger partial charge in [0.2, 0.25) is 0 Å². The maximum atomic E-state index is 5.30. The third-order valence-corrected chi connectivity index (χ3v) is 3.41. The third-order valence-electron chi connectivity index (χ3n) is 3.41. The van der Waals surface area contributed by atoms with E-state index in [0.717, 1.165) is 6.54 Å². The van der Waals surface area contributed by atoms with Gasteiger partial charge in [-0.3, -0.25) is 4.68 Å². The number of nitrogens with zero attached hydrogens (tertiary/aromatic N) is 2. The number of methoxy groups -OCH3 is 1. The zero-order valence-corrected chi connectivity index (χ0v) is 11.8. The lowest BCUT2D eigenvalue weighted by Crippen LogP contribution is -2.25. The van der Waals surface area contributed by atoms with Crippen LogP contribution in [0.2, 0.25) is 0 Å². The van der Waals surface area contributed by atoms with E-state index in [4.69, 9.17) is 4.74 Å². The van der Waals surface area contributed by atoms with Crippen molar-refractivity contribution >= 4 is 0 Å². The SMILES string of the molecule is COCC(NCc1cnn(C)c1C)c1ccccc1. The first-order chi connectivity index (χ1) is 9.22. The van der Waals surface area contributed by atoms with Crippen LogP contribution >= 0.6 is 0 Å². The molecule has 2 aromatic rings. The summed E-state index contributed by atoms with van der Waals surface area (Å²) in [6.45, 7) is 3.53. The second-order valence-electron chi connectivity index (χ2n) is 4.68. The highest BCUT2D eigenvalue weighted by molar-refractivity contribution is 5.20. The molecule has 0 spiro atoms. The molecule has 0 saturated heterocycles. The van der Waals surface area contributed by atoms with Crippen LogP contribution in [0.15, 0.2) is 36.5 Å². The summed E-state index contributed by atoms with van der Waals surface area (Å²) in [7, 11) is 3.69. The second-order valence-corrected chi connectivity index (χ2v) is 4.68. The van der Waals surface area contributed by atoms with Crippen molar-refractivity contribution in [2.24, 2.45) is 7.05 Å². The highest BCUT2D eigenvalue weighted by Crippen LogP contribution is 2.14. The summed E-state index contributed by atoms with van der Waals surface area (Å²) in [5.41, 5.74) is 3.65. The fraction of sp³-hybridized carbons (Fsp3) is 0.400. The molecule has 0 aliphatic rings. The van der Waals surface area contributed by atoms with Crippen LogP contribution in [0, 0.1) is 6.92 Å². The number of nitrogens with one attached hydrogen (secondary N) is 1. The summed E-state index contributed by atoms with van der Waals surface area (Å²) in [4.78, 5) is 0. The van der Waals surface area contributed by atoms with Crippen LogP contribution < -0.4 is 5.32 Å². The molecule has 0 bridgehead atoms. The van der Waals surface area contributed by atoms with Crippen molar-refractivity contribution in [1.29, 1.82) is 0 Å². The van der Waals surface area contributed by atoms with Crippen LogP contribution in [-0.4, -0.2) is 23.5 Å². The predicted octanol–water partition coefficient (Wildman–Crippen LogP) is 2.21. The predicted molar refractivity (Wildman–Crippen MR) is 75.8 cm³/mol. The average molecular weight is 259 g/mol. The highest BCUT2D eigenvalue weighted by Gasteiger charge is 2.11. The lowest BCUT2D eigenvalue weighted by molar-refractivity contribution is 0.166. The van der Waals surface area contributed by atoms with Gasteiger partial charge >= 0.3 is 0 Å². The molecule has 102 valence electrons. The molecule has 1 N–H and O–H groups in total. The van der Waals surface area contributed by atoms with Crippen molar-refractivity contribution in [1.82, 2.24) is 15.1 Å². The van der Waals surface area contributed by atoms with E-state index >= 15 is 0 Å². The van der Waals surface area contributed by atoms with Gasteiger partial charge in [-0.2, -0.15) is 5.10 Å². The Bertz CT molecular complexity index is 507. The van der Waals surface area contributed by atoms with Gasteiger partial charge in [0.05, 0.1) is 18.8 Å². The van der Waals surface area contributed by atoms with Gasteiger partial charge in [-0.05, 0) is 12.5 Å². The molecule has 0 fully saturated rings. The van der Waals surface area contributed by atoms with Crippen LogP contribution in [-0.2, 0) is 18.3 Å². The molecule has 4 nitrogen and oxygen atoms in total. The van der Waals surface area contributed by atoms with Gasteiger partial charge in [-0.1, -0.05) is 30.3 Å². The largest absolute Gasteiger partial charge is 0.383 e. The Morgan fingerprint density at radius 1 is 1.32 bits per heavy atom. The molecule has 0 aliphatic heterocycles. The van der Waals surface area contributed by atoms with E-state index < -0.39 is 0 Å². The first kappa shape index (κ1) is 13.8. The molecule has 1 heterocycles. The van der Waals surface area contributed by atoms with E-state index in [9.17, 15) is 0 Å². The quantitative estimate of drug-likeness (QED) is 0.864. The van der Waals surface area contributed by atoms with E-state index in [1.807, 2.05) is 24.0 Å². The molecule has 1 aromatic carbocycles. The zero-order chi connectivity index (χ0) is 13.7. The lowest BCUT2D eigenvalue weighted by Gasteiger charge is -2.18. The zero-order valence-electron chi connectivity index (χ0n) is 11.8. The van der Waals surface area contributed by atoms with Crippen LogP contribution in [0.1, 0.15) is 22.9 Å². The lowest BCUT2D eigenvalue weighted by atomic mass is 10.1. The van der Waals surface area contributed by atoms with Gasteiger partial charge in [-0.25, -0.2) is 0 Å². The Labute approximate surface area is 114 Å². The Hall–Kier alpha value is -1.65. The summed E-state index contributed by atoms with van der Waals surface area (Å²) in [6, 6.07) is 10.6. The summed E-state index contributed by atoms with van der Waals surface area (Å²) < 4.78 is 7.19. The van der Waals surface area contributed by atoms with Crippen LogP contribution in [0.4, 0.5) is 0 Å². The van der Waals surface area contributed by atoms with Crippen molar-refractivity contribution in [3.8, 4) is 0 Å². The van der Waals surface area contributed by atoms with Gasteiger partial charge in [0.1, 0.15) is 0 Å². The van der Waals surface area contributed by atoms with E-state index in [-0.39, 0.29) is 6.04 Å². The van der Waals surface area contributed by atoms with Crippen molar-refractivity contribution in [2.45, 2.75) is 19.5 Å². The summed E-state index contributed by atoms with van der Waals surface area (Å²) in [5.74, 6) is 0. The van der Waals surface area contributed by atoms with Crippen molar-refractivity contribution in [3.63, 3.8) is 0 Å². The molecule has 2 rings (SSSR count). The summed E-state index contributed by atoms with van der Waals surface area (Å²) >= 11 is 0. The van der Waals surface area contributed by atoms with Gasteiger partial charge in [0.25, 0.3) is 0 Å². The summed E-state index contributed by atoms with van der Waals surface area (Å²) in [5, 5.41) is 7.79. The topological polar surface area (TPSA) is 39.1 Å². The smallest absolute Gasteiger partial charge is 0.0657 e. The molecular weight excluding hydrogens is 238 g/mol. The standard InChI is InChI=1S/C15H21N3O/c1-12-14(10-17-18(12)2)9-16-15(11-19-3)13-7-5-4-6-8-13/h4-8,10,15-16H,9,11H2,1-3H3. The Kier molecular flexibility index (Phi) is 4.71. The third kappa shape index (κ3) is 3.43. The van der Waals surface area contributed by atoms with Crippen LogP contribution in [0.25, 0.3) is 0 Å². The second kappa shape index (κ2) is 6.50. The molecule has 0 aliphatic carbocycles. The number of ether oxygens (including phenoxy) is 1. The summed E-state index contributed by atoms with van der Waals surface area (Å²) in [6.07, 6.45) is 1.91.